The van der Waals surface area contributed by atoms with Crippen molar-refractivity contribution in [3.63, 3.8) is 0 Å². The Morgan fingerprint density at radius 3 is 2.51 bits per heavy atom. The molecule has 2 N–H and O–H groups in total. The molecule has 0 saturated carbocycles. The SMILES string of the molecule is CS(=O)(=O)N1CC2(CCN(C(=O)[C@@H](Cc3ccc(Cl)cc3)NC(=O)C3Cc4ccc(F)cc4CN3)CC2)c2ccccc21. The summed E-state index contributed by atoms with van der Waals surface area (Å²) < 4.78 is 40.3. The number of likely N-dealkylation sites (tertiary alicyclic amines) is 1. The number of carbonyl (C=O) groups excluding carboxylic acids is 2. The highest BCUT2D eigenvalue weighted by atomic mass is 35.5. The van der Waals surface area contributed by atoms with E-state index in [1.165, 1.54) is 22.7 Å². The van der Waals surface area contributed by atoms with Crippen molar-refractivity contribution in [1.82, 2.24) is 15.5 Å². The lowest BCUT2D eigenvalue weighted by Gasteiger charge is -2.41. The van der Waals surface area contributed by atoms with Crippen molar-refractivity contribution < 1.29 is 22.4 Å². The van der Waals surface area contributed by atoms with Crippen LogP contribution in [-0.4, -0.2) is 63.1 Å². The summed E-state index contributed by atoms with van der Waals surface area (Å²) in [5, 5.41) is 6.77. The summed E-state index contributed by atoms with van der Waals surface area (Å²) in [5.74, 6) is -0.780. The Morgan fingerprint density at radius 1 is 1.07 bits per heavy atom. The van der Waals surface area contributed by atoms with E-state index < -0.39 is 22.1 Å². The quantitative estimate of drug-likeness (QED) is 0.437. The molecule has 1 saturated heterocycles. The summed E-state index contributed by atoms with van der Waals surface area (Å²) in [6.45, 7) is 1.61. The summed E-state index contributed by atoms with van der Waals surface area (Å²) in [4.78, 5) is 29.3. The van der Waals surface area contributed by atoms with Gasteiger partial charge < -0.3 is 15.5 Å². The van der Waals surface area contributed by atoms with Gasteiger partial charge in [0.05, 0.1) is 18.0 Å². The number of rotatable bonds is 6. The fourth-order valence-electron chi connectivity index (χ4n) is 6.68. The number of benzene rings is 3. The van der Waals surface area contributed by atoms with E-state index in [2.05, 4.69) is 10.6 Å². The van der Waals surface area contributed by atoms with Crippen molar-refractivity contribution in [1.29, 1.82) is 0 Å². The molecular formula is C32H34ClFN4O4S. The Labute approximate surface area is 256 Å². The molecule has 3 aromatic rings. The third kappa shape index (κ3) is 6.01. The van der Waals surface area contributed by atoms with Crippen molar-refractivity contribution in [2.24, 2.45) is 0 Å². The number of para-hydroxylation sites is 1. The molecule has 3 aliphatic rings. The molecule has 3 heterocycles. The number of nitrogens with one attached hydrogen (secondary N) is 2. The van der Waals surface area contributed by atoms with Gasteiger partial charge in [0, 0.05) is 43.0 Å². The Kier molecular flexibility index (Phi) is 7.95. The zero-order valence-electron chi connectivity index (χ0n) is 23.9. The molecule has 1 fully saturated rings. The van der Waals surface area contributed by atoms with Gasteiger partial charge in [0.2, 0.25) is 21.8 Å². The highest BCUT2D eigenvalue weighted by Gasteiger charge is 2.48. The summed E-state index contributed by atoms with van der Waals surface area (Å²) in [6.07, 6.45) is 3.14. The lowest BCUT2D eigenvalue weighted by Crippen LogP contribution is -2.57. The minimum absolute atomic E-state index is 0.178. The van der Waals surface area contributed by atoms with E-state index >= 15 is 0 Å². The maximum absolute atomic E-state index is 14.0. The van der Waals surface area contributed by atoms with E-state index in [0.717, 1.165) is 22.3 Å². The highest BCUT2D eigenvalue weighted by Crippen LogP contribution is 2.47. The largest absolute Gasteiger partial charge is 0.343 e. The number of hydrogen-bond donors (Lipinski definition) is 2. The first-order chi connectivity index (χ1) is 20.5. The molecular weight excluding hydrogens is 591 g/mol. The Bertz CT molecular complexity index is 1660. The molecule has 3 aliphatic heterocycles. The fraction of sp³-hybridized carbons (Fsp3) is 0.375. The van der Waals surface area contributed by atoms with Crippen LogP contribution < -0.4 is 14.9 Å². The Hall–Kier alpha value is -3.47. The van der Waals surface area contributed by atoms with Gasteiger partial charge >= 0.3 is 0 Å². The lowest BCUT2D eigenvalue weighted by molar-refractivity contribution is -0.138. The van der Waals surface area contributed by atoms with Gasteiger partial charge in [-0.3, -0.25) is 13.9 Å². The summed E-state index contributed by atoms with van der Waals surface area (Å²) in [7, 11) is -3.45. The van der Waals surface area contributed by atoms with Crippen LogP contribution in [0, 0.1) is 5.82 Å². The molecule has 11 heteroatoms. The Morgan fingerprint density at radius 2 is 1.79 bits per heavy atom. The van der Waals surface area contributed by atoms with Crippen LogP contribution in [0.3, 0.4) is 0 Å². The average Bonchev–Trinajstić information content (AvgIpc) is 3.32. The maximum atomic E-state index is 14.0. The van der Waals surface area contributed by atoms with Crippen LogP contribution in [0.15, 0.2) is 66.7 Å². The number of halogens is 2. The highest BCUT2D eigenvalue weighted by molar-refractivity contribution is 7.92. The lowest BCUT2D eigenvalue weighted by atomic mass is 9.74. The summed E-state index contributed by atoms with van der Waals surface area (Å²) >= 11 is 6.09. The van der Waals surface area contributed by atoms with Gasteiger partial charge in [-0.15, -0.1) is 0 Å². The first-order valence-electron chi connectivity index (χ1n) is 14.4. The van der Waals surface area contributed by atoms with E-state index in [4.69, 9.17) is 11.6 Å². The molecule has 0 aromatic heterocycles. The normalized spacial score (nSPS) is 19.9. The van der Waals surface area contributed by atoms with Crippen molar-refractivity contribution in [3.05, 3.63) is 99.8 Å². The second-order valence-electron chi connectivity index (χ2n) is 11.8. The van der Waals surface area contributed by atoms with Gasteiger partial charge in [-0.25, -0.2) is 12.8 Å². The zero-order valence-corrected chi connectivity index (χ0v) is 25.4. The van der Waals surface area contributed by atoms with Gasteiger partial charge in [0.25, 0.3) is 0 Å². The van der Waals surface area contributed by atoms with Crippen LogP contribution in [-0.2, 0) is 44.4 Å². The zero-order chi connectivity index (χ0) is 30.4. The molecule has 3 aromatic carbocycles. The van der Waals surface area contributed by atoms with E-state index in [1.807, 2.05) is 36.4 Å². The standard InChI is InChI=1S/C32H34ClFN4O4S/c1-43(41,42)38-20-32(26-4-2-3-5-29(26)38)12-14-37(15-13-32)31(40)28(16-21-6-9-24(33)10-7-21)36-30(39)27-18-22-8-11-25(34)17-23(22)19-35-27/h2-11,17,27-28,35H,12-16,18-20H2,1H3,(H,36,39)/t27?,28-/m1/s1. The number of carbonyl (C=O) groups is 2. The molecule has 226 valence electrons. The Balaban J connectivity index is 1.19. The van der Waals surface area contributed by atoms with Gasteiger partial charge in [0.15, 0.2) is 0 Å². The van der Waals surface area contributed by atoms with Crippen molar-refractivity contribution in [2.45, 2.75) is 49.7 Å². The van der Waals surface area contributed by atoms with E-state index in [0.29, 0.717) is 62.6 Å². The predicted octanol–water partition coefficient (Wildman–Crippen LogP) is 3.56. The third-order valence-electron chi connectivity index (χ3n) is 9.04. The summed E-state index contributed by atoms with van der Waals surface area (Å²) in [6, 6.07) is 18.0. The molecule has 0 bridgehead atoms. The van der Waals surface area contributed by atoms with Crippen LogP contribution in [0.25, 0.3) is 0 Å². The summed E-state index contributed by atoms with van der Waals surface area (Å²) in [5.41, 5.74) is 3.93. The van der Waals surface area contributed by atoms with Gasteiger partial charge in [0.1, 0.15) is 11.9 Å². The van der Waals surface area contributed by atoms with E-state index in [-0.39, 0.29) is 23.0 Å². The van der Waals surface area contributed by atoms with Crippen molar-refractivity contribution in [3.8, 4) is 0 Å². The van der Waals surface area contributed by atoms with Crippen LogP contribution in [0.2, 0.25) is 5.02 Å². The molecule has 0 radical (unpaired) electrons. The monoisotopic (exact) mass is 624 g/mol. The second kappa shape index (κ2) is 11.6. The number of hydrogen-bond acceptors (Lipinski definition) is 5. The third-order valence-corrected chi connectivity index (χ3v) is 10.4. The molecule has 43 heavy (non-hydrogen) atoms. The number of piperidine rings is 1. The molecule has 2 atom stereocenters. The first-order valence-corrected chi connectivity index (χ1v) is 16.7. The number of fused-ring (bicyclic) bond motifs is 3. The number of amides is 2. The van der Waals surface area contributed by atoms with E-state index in [1.54, 1.807) is 23.1 Å². The number of nitrogens with zero attached hydrogens (tertiary/aromatic N) is 2. The molecule has 6 rings (SSSR count). The first kappa shape index (κ1) is 29.6. The number of sulfonamides is 1. The molecule has 0 aliphatic carbocycles. The van der Waals surface area contributed by atoms with Crippen LogP contribution in [0.4, 0.5) is 10.1 Å². The second-order valence-corrected chi connectivity index (χ2v) is 14.2. The average molecular weight is 625 g/mol. The van der Waals surface area contributed by atoms with Crippen LogP contribution >= 0.6 is 11.6 Å². The van der Waals surface area contributed by atoms with Gasteiger partial charge in [-0.05, 0) is 71.8 Å². The maximum Gasteiger partial charge on any atom is 0.245 e. The van der Waals surface area contributed by atoms with Crippen LogP contribution in [0.1, 0.15) is 35.1 Å². The minimum atomic E-state index is -3.45. The van der Waals surface area contributed by atoms with E-state index in [9.17, 15) is 22.4 Å². The minimum Gasteiger partial charge on any atom is -0.343 e. The molecule has 1 spiro atoms. The smallest absolute Gasteiger partial charge is 0.245 e. The number of anilines is 1. The predicted molar refractivity (Wildman–Crippen MR) is 164 cm³/mol. The fourth-order valence-corrected chi connectivity index (χ4v) is 7.81. The van der Waals surface area contributed by atoms with Gasteiger partial charge in [-0.1, -0.05) is 48.0 Å². The van der Waals surface area contributed by atoms with Gasteiger partial charge in [-0.2, -0.15) is 0 Å². The topological polar surface area (TPSA) is 98.8 Å². The molecule has 8 nitrogen and oxygen atoms in total. The van der Waals surface area contributed by atoms with Crippen molar-refractivity contribution in [2.75, 3.05) is 30.2 Å². The molecule has 1 unspecified atom stereocenters. The molecule has 2 amide bonds. The van der Waals surface area contributed by atoms with Crippen molar-refractivity contribution >= 4 is 39.1 Å². The van der Waals surface area contributed by atoms with Crippen LogP contribution in [0.5, 0.6) is 0 Å².